The van der Waals surface area contributed by atoms with Gasteiger partial charge in [-0.15, -0.1) is 0 Å². The van der Waals surface area contributed by atoms with Crippen LogP contribution in [0.5, 0.6) is 11.5 Å². The molecule has 1 aromatic carbocycles. The molecule has 0 amide bonds. The molecule has 70 valence electrons. The van der Waals surface area contributed by atoms with E-state index in [0.29, 0.717) is 0 Å². The zero-order valence-electron chi connectivity index (χ0n) is 6.86. The second-order valence-corrected chi connectivity index (χ2v) is 2.42. The maximum absolute atomic E-state index is 12.9. The Hall–Kier alpha value is -1.27. The van der Waals surface area contributed by atoms with E-state index < -0.39 is 12.9 Å². The topological polar surface area (TPSA) is 69.9 Å². The van der Waals surface area contributed by atoms with Crippen LogP contribution in [0.3, 0.4) is 0 Å². The quantitative estimate of drug-likeness (QED) is 0.530. The Morgan fingerprint density at radius 1 is 1.38 bits per heavy atom. The smallest absolute Gasteiger partial charge is 0.491 e. The molecule has 1 aromatic rings. The Morgan fingerprint density at radius 3 is 2.46 bits per heavy atom. The summed E-state index contributed by atoms with van der Waals surface area (Å²) in [5, 5.41) is 26.5. The number of methoxy groups -OCH3 is 1. The van der Waals surface area contributed by atoms with Crippen LogP contribution < -0.4 is 10.2 Å². The van der Waals surface area contributed by atoms with Crippen molar-refractivity contribution in [3.8, 4) is 11.5 Å². The van der Waals surface area contributed by atoms with Gasteiger partial charge in [0.25, 0.3) is 0 Å². The van der Waals surface area contributed by atoms with Gasteiger partial charge in [-0.05, 0) is 6.07 Å². The molecule has 0 unspecified atom stereocenters. The highest BCUT2D eigenvalue weighted by Gasteiger charge is 2.19. The minimum atomic E-state index is -1.92. The third kappa shape index (κ3) is 1.91. The van der Waals surface area contributed by atoms with Crippen LogP contribution >= 0.6 is 0 Å². The Morgan fingerprint density at radius 2 is 2.00 bits per heavy atom. The summed E-state index contributed by atoms with van der Waals surface area (Å²) in [6, 6.07) is 1.78. The minimum absolute atomic E-state index is 0.00972. The molecule has 0 aliphatic carbocycles. The summed E-state index contributed by atoms with van der Waals surface area (Å²) in [6.45, 7) is 0. The average molecular weight is 186 g/mol. The van der Waals surface area contributed by atoms with Crippen molar-refractivity contribution < 1.29 is 24.3 Å². The van der Waals surface area contributed by atoms with Gasteiger partial charge in [0, 0.05) is 11.5 Å². The summed E-state index contributed by atoms with van der Waals surface area (Å²) < 4.78 is 17.5. The fourth-order valence-corrected chi connectivity index (χ4v) is 0.920. The van der Waals surface area contributed by atoms with Crippen LogP contribution in [0.1, 0.15) is 0 Å². The van der Waals surface area contributed by atoms with Gasteiger partial charge >= 0.3 is 7.12 Å². The van der Waals surface area contributed by atoms with E-state index in [1.54, 1.807) is 0 Å². The molecule has 0 saturated heterocycles. The summed E-state index contributed by atoms with van der Waals surface area (Å²) in [5.41, 5.74) is -0.338. The highest BCUT2D eigenvalue weighted by Crippen LogP contribution is 2.24. The lowest BCUT2D eigenvalue weighted by molar-refractivity contribution is 0.370. The molecule has 1 rings (SSSR count). The standard InChI is InChI=1S/C7H8BFO4/c1-13-7-2-4(8(11)12)5(9)3-6(7)10/h2-3,10-12H,1H3. The van der Waals surface area contributed by atoms with E-state index in [1.165, 1.54) is 7.11 Å². The Kier molecular flexibility index (Phi) is 2.74. The van der Waals surface area contributed by atoms with E-state index >= 15 is 0 Å². The van der Waals surface area contributed by atoms with Crippen molar-refractivity contribution in [2.45, 2.75) is 0 Å². The molecule has 0 heterocycles. The maximum Gasteiger partial charge on any atom is 0.491 e. The molecule has 0 atom stereocenters. The van der Waals surface area contributed by atoms with Crippen molar-refractivity contribution in [1.29, 1.82) is 0 Å². The lowest BCUT2D eigenvalue weighted by Gasteiger charge is -2.06. The predicted molar refractivity (Wildman–Crippen MR) is 44.4 cm³/mol. The van der Waals surface area contributed by atoms with E-state index in [1.807, 2.05) is 0 Å². The molecule has 0 radical (unpaired) electrons. The number of halogens is 1. The number of phenolic OH excluding ortho intramolecular Hbond substituents is 1. The fourth-order valence-electron chi connectivity index (χ4n) is 0.920. The maximum atomic E-state index is 12.9. The third-order valence-corrected chi connectivity index (χ3v) is 1.58. The summed E-state index contributed by atoms with van der Waals surface area (Å²) in [7, 11) is -0.643. The largest absolute Gasteiger partial charge is 0.504 e. The predicted octanol–water partition coefficient (Wildman–Crippen LogP) is -0.780. The molecule has 3 N–H and O–H groups in total. The Labute approximate surface area is 74.4 Å². The Balaban J connectivity index is 3.22. The van der Waals surface area contributed by atoms with Gasteiger partial charge in [0.05, 0.1) is 7.11 Å². The van der Waals surface area contributed by atoms with E-state index in [9.17, 15) is 4.39 Å². The molecule has 0 bridgehead atoms. The van der Waals surface area contributed by atoms with Crippen LogP contribution in [0, 0.1) is 5.82 Å². The molecule has 6 heteroatoms. The van der Waals surface area contributed by atoms with Crippen molar-refractivity contribution in [2.75, 3.05) is 7.11 Å². The molecular formula is C7H8BFO4. The summed E-state index contributed by atoms with van der Waals surface area (Å²) in [4.78, 5) is 0. The van der Waals surface area contributed by atoms with Crippen molar-refractivity contribution >= 4 is 12.6 Å². The van der Waals surface area contributed by atoms with E-state index in [0.717, 1.165) is 12.1 Å². The number of rotatable bonds is 2. The molecule has 4 nitrogen and oxygen atoms in total. The molecule has 0 aliphatic rings. The van der Waals surface area contributed by atoms with Crippen molar-refractivity contribution in [3.05, 3.63) is 17.9 Å². The zero-order valence-corrected chi connectivity index (χ0v) is 6.86. The first-order valence-electron chi connectivity index (χ1n) is 3.48. The van der Waals surface area contributed by atoms with Crippen LogP contribution in [0.25, 0.3) is 0 Å². The van der Waals surface area contributed by atoms with Crippen LogP contribution in [0.4, 0.5) is 4.39 Å². The molecule has 0 aliphatic heterocycles. The summed E-state index contributed by atoms with van der Waals surface area (Å²) >= 11 is 0. The van der Waals surface area contributed by atoms with Gasteiger partial charge in [-0.2, -0.15) is 0 Å². The second kappa shape index (κ2) is 3.63. The average Bonchev–Trinajstić information content (AvgIpc) is 2.03. The fraction of sp³-hybridized carbons (Fsp3) is 0.143. The van der Waals surface area contributed by atoms with Gasteiger partial charge in [0.15, 0.2) is 11.5 Å². The number of hydrogen-bond donors (Lipinski definition) is 3. The van der Waals surface area contributed by atoms with Gasteiger partial charge < -0.3 is 19.9 Å². The summed E-state index contributed by atoms with van der Waals surface area (Å²) in [6.07, 6.45) is 0. The van der Waals surface area contributed by atoms with E-state index in [2.05, 4.69) is 4.74 Å². The molecule has 0 saturated carbocycles. The number of benzene rings is 1. The van der Waals surface area contributed by atoms with E-state index in [4.69, 9.17) is 15.2 Å². The Bertz CT molecular complexity index is 316. The van der Waals surface area contributed by atoms with Crippen LogP contribution in [-0.2, 0) is 0 Å². The molecular weight excluding hydrogens is 178 g/mol. The lowest BCUT2D eigenvalue weighted by atomic mass is 9.79. The SMILES string of the molecule is COc1cc(B(O)O)c(F)cc1O. The number of ether oxygens (including phenoxy) is 1. The van der Waals surface area contributed by atoms with E-state index in [-0.39, 0.29) is 17.0 Å². The molecule has 0 aromatic heterocycles. The van der Waals surface area contributed by atoms with Crippen LogP contribution in [0.15, 0.2) is 12.1 Å². The van der Waals surface area contributed by atoms with Crippen molar-refractivity contribution in [2.24, 2.45) is 0 Å². The lowest BCUT2D eigenvalue weighted by Crippen LogP contribution is -2.32. The molecule has 0 fully saturated rings. The number of hydrogen-bond acceptors (Lipinski definition) is 4. The van der Waals surface area contributed by atoms with Gasteiger partial charge in [-0.25, -0.2) is 4.39 Å². The third-order valence-electron chi connectivity index (χ3n) is 1.58. The monoisotopic (exact) mass is 186 g/mol. The number of aromatic hydroxyl groups is 1. The first kappa shape index (κ1) is 9.82. The molecule has 13 heavy (non-hydrogen) atoms. The zero-order chi connectivity index (χ0) is 10.0. The normalized spacial score (nSPS) is 9.85. The van der Waals surface area contributed by atoms with Crippen LogP contribution in [-0.4, -0.2) is 29.4 Å². The van der Waals surface area contributed by atoms with Gasteiger partial charge in [-0.1, -0.05) is 0 Å². The van der Waals surface area contributed by atoms with Crippen molar-refractivity contribution in [1.82, 2.24) is 0 Å². The first-order chi connectivity index (χ1) is 6.06. The second-order valence-electron chi connectivity index (χ2n) is 2.42. The van der Waals surface area contributed by atoms with Crippen LogP contribution in [0.2, 0.25) is 0 Å². The number of phenols is 1. The van der Waals surface area contributed by atoms with Gasteiger partial charge in [0.2, 0.25) is 0 Å². The van der Waals surface area contributed by atoms with Gasteiger partial charge in [0.1, 0.15) is 5.82 Å². The molecule has 0 spiro atoms. The van der Waals surface area contributed by atoms with Gasteiger partial charge in [-0.3, -0.25) is 0 Å². The minimum Gasteiger partial charge on any atom is -0.504 e. The first-order valence-corrected chi connectivity index (χ1v) is 3.48. The summed E-state index contributed by atoms with van der Waals surface area (Å²) in [5.74, 6) is -1.29. The highest BCUT2D eigenvalue weighted by molar-refractivity contribution is 6.58. The highest BCUT2D eigenvalue weighted by atomic mass is 19.1. The van der Waals surface area contributed by atoms with Crippen molar-refractivity contribution in [3.63, 3.8) is 0 Å².